The molecule has 0 atom stereocenters. The van der Waals surface area contributed by atoms with E-state index in [1.807, 2.05) is 54.6 Å². The van der Waals surface area contributed by atoms with Crippen LogP contribution in [0.25, 0.3) is 10.9 Å². The number of carbonyl (C=O) groups excluding carboxylic acids is 1. The van der Waals surface area contributed by atoms with Crippen LogP contribution in [0, 0.1) is 0 Å². The molecule has 1 N–H and O–H groups in total. The molecule has 5 heteroatoms. The molecule has 3 aromatic rings. The number of aromatic nitrogens is 1. The monoisotopic (exact) mass is 353 g/mol. The van der Waals surface area contributed by atoms with Crippen molar-refractivity contribution in [1.82, 2.24) is 10.4 Å². The Hall–Kier alpha value is -2.53. The Morgan fingerprint density at radius 1 is 1.09 bits per heavy atom. The predicted octanol–water partition coefficient (Wildman–Crippen LogP) is 3.76. The van der Waals surface area contributed by atoms with Gasteiger partial charge < -0.3 is 0 Å². The van der Waals surface area contributed by atoms with Crippen molar-refractivity contribution in [3.05, 3.63) is 76.4 Å². The number of benzene rings is 2. The fourth-order valence-corrected chi connectivity index (χ4v) is 2.42. The maximum atomic E-state index is 12.0. The summed E-state index contributed by atoms with van der Waals surface area (Å²) in [7, 11) is 0. The van der Waals surface area contributed by atoms with Crippen LogP contribution >= 0.6 is 15.9 Å². The highest BCUT2D eigenvalue weighted by Crippen LogP contribution is 2.12. The minimum absolute atomic E-state index is 0.336. The maximum Gasteiger partial charge on any atom is 0.289 e. The van der Waals surface area contributed by atoms with Crippen LogP contribution in [0.2, 0.25) is 0 Å². The second-order valence-electron chi connectivity index (χ2n) is 4.64. The molecule has 1 aromatic heterocycles. The Labute approximate surface area is 136 Å². The van der Waals surface area contributed by atoms with Gasteiger partial charge in [-0.2, -0.15) is 5.10 Å². The molecule has 0 aliphatic carbocycles. The Kier molecular flexibility index (Phi) is 4.25. The topological polar surface area (TPSA) is 54.4 Å². The van der Waals surface area contributed by atoms with E-state index in [9.17, 15) is 4.79 Å². The molecule has 1 heterocycles. The van der Waals surface area contributed by atoms with Crippen molar-refractivity contribution in [3.8, 4) is 0 Å². The Balaban J connectivity index is 1.73. The van der Waals surface area contributed by atoms with Crippen LogP contribution in [0.4, 0.5) is 0 Å². The number of halogens is 1. The van der Waals surface area contributed by atoms with Crippen LogP contribution in [0.5, 0.6) is 0 Å². The zero-order chi connectivity index (χ0) is 15.4. The standard InChI is InChI=1S/C17H12BrN3O/c18-14-6-3-4-12(10-14)11-19-21-17(22)16-9-8-13-5-1-2-7-15(13)20-16/h1-11H,(H,21,22)/b19-11-. The third-order valence-electron chi connectivity index (χ3n) is 3.06. The first-order valence-corrected chi connectivity index (χ1v) is 7.46. The van der Waals surface area contributed by atoms with Gasteiger partial charge >= 0.3 is 0 Å². The molecule has 0 unspecified atom stereocenters. The molecule has 22 heavy (non-hydrogen) atoms. The van der Waals surface area contributed by atoms with Gasteiger partial charge in [0.25, 0.3) is 5.91 Å². The lowest BCUT2D eigenvalue weighted by Gasteiger charge is -2.01. The van der Waals surface area contributed by atoms with Gasteiger partial charge in [0.2, 0.25) is 0 Å². The number of para-hydroxylation sites is 1. The summed E-state index contributed by atoms with van der Waals surface area (Å²) in [5.74, 6) is -0.336. The van der Waals surface area contributed by atoms with Crippen LogP contribution in [-0.4, -0.2) is 17.1 Å². The number of nitrogens with zero attached hydrogens (tertiary/aromatic N) is 2. The quantitative estimate of drug-likeness (QED) is 0.575. The van der Waals surface area contributed by atoms with Gasteiger partial charge in [-0.25, -0.2) is 10.4 Å². The van der Waals surface area contributed by atoms with Crippen LogP contribution in [0.1, 0.15) is 16.1 Å². The van der Waals surface area contributed by atoms with Gasteiger partial charge in [-0.1, -0.05) is 52.3 Å². The van der Waals surface area contributed by atoms with E-state index in [-0.39, 0.29) is 5.91 Å². The van der Waals surface area contributed by atoms with E-state index >= 15 is 0 Å². The number of fused-ring (bicyclic) bond motifs is 1. The summed E-state index contributed by atoms with van der Waals surface area (Å²) < 4.78 is 0.957. The van der Waals surface area contributed by atoms with Crippen molar-refractivity contribution in [1.29, 1.82) is 0 Å². The SMILES string of the molecule is O=C(N/N=C\c1cccc(Br)c1)c1ccc2ccccc2n1. The number of nitrogens with one attached hydrogen (secondary N) is 1. The van der Waals surface area contributed by atoms with E-state index in [2.05, 4.69) is 31.4 Å². The zero-order valence-electron chi connectivity index (χ0n) is 11.5. The summed E-state index contributed by atoms with van der Waals surface area (Å²) >= 11 is 3.38. The van der Waals surface area contributed by atoms with E-state index < -0.39 is 0 Å². The fourth-order valence-electron chi connectivity index (χ4n) is 2.00. The summed E-state index contributed by atoms with van der Waals surface area (Å²) in [6.45, 7) is 0. The van der Waals surface area contributed by atoms with Crippen molar-refractivity contribution in [2.75, 3.05) is 0 Å². The molecule has 1 amide bonds. The second kappa shape index (κ2) is 6.49. The van der Waals surface area contributed by atoms with Crippen molar-refractivity contribution in [2.24, 2.45) is 5.10 Å². The van der Waals surface area contributed by atoms with Gasteiger partial charge in [0.15, 0.2) is 0 Å². The molecular weight excluding hydrogens is 342 g/mol. The Bertz CT molecular complexity index is 861. The van der Waals surface area contributed by atoms with Gasteiger partial charge in [-0.05, 0) is 29.8 Å². The average molecular weight is 354 g/mol. The Morgan fingerprint density at radius 2 is 1.95 bits per heavy atom. The highest BCUT2D eigenvalue weighted by atomic mass is 79.9. The fraction of sp³-hybridized carbons (Fsp3) is 0. The number of hydrazone groups is 1. The number of amides is 1. The summed E-state index contributed by atoms with van der Waals surface area (Å²) in [6, 6.07) is 18.8. The minimum atomic E-state index is -0.336. The van der Waals surface area contributed by atoms with Gasteiger partial charge in [0.1, 0.15) is 5.69 Å². The molecular formula is C17H12BrN3O. The molecule has 0 aliphatic rings. The van der Waals surface area contributed by atoms with E-state index in [1.54, 1.807) is 12.3 Å². The number of hydrogen-bond acceptors (Lipinski definition) is 3. The van der Waals surface area contributed by atoms with Crippen molar-refractivity contribution in [2.45, 2.75) is 0 Å². The number of rotatable bonds is 3. The summed E-state index contributed by atoms with van der Waals surface area (Å²) in [5, 5.41) is 4.95. The van der Waals surface area contributed by atoms with E-state index in [0.29, 0.717) is 5.69 Å². The van der Waals surface area contributed by atoms with Gasteiger partial charge in [-0.3, -0.25) is 4.79 Å². The first-order chi connectivity index (χ1) is 10.7. The lowest BCUT2D eigenvalue weighted by Crippen LogP contribution is -2.18. The molecule has 0 fully saturated rings. The van der Waals surface area contributed by atoms with Gasteiger partial charge in [-0.15, -0.1) is 0 Å². The van der Waals surface area contributed by atoms with Crippen LogP contribution in [0.3, 0.4) is 0 Å². The van der Waals surface area contributed by atoms with E-state index in [4.69, 9.17) is 0 Å². The number of hydrogen-bond donors (Lipinski definition) is 1. The highest BCUT2D eigenvalue weighted by Gasteiger charge is 2.06. The van der Waals surface area contributed by atoms with Crippen molar-refractivity contribution in [3.63, 3.8) is 0 Å². The lowest BCUT2D eigenvalue weighted by atomic mass is 10.2. The molecule has 2 aromatic carbocycles. The smallest absolute Gasteiger partial charge is 0.266 e. The summed E-state index contributed by atoms with van der Waals surface area (Å²) in [5.41, 5.74) is 4.50. The predicted molar refractivity (Wildman–Crippen MR) is 90.9 cm³/mol. The first-order valence-electron chi connectivity index (χ1n) is 6.67. The third-order valence-corrected chi connectivity index (χ3v) is 3.55. The van der Waals surface area contributed by atoms with Gasteiger partial charge in [0, 0.05) is 9.86 Å². The molecule has 4 nitrogen and oxygen atoms in total. The largest absolute Gasteiger partial charge is 0.289 e. The molecule has 0 spiro atoms. The highest BCUT2D eigenvalue weighted by molar-refractivity contribution is 9.10. The lowest BCUT2D eigenvalue weighted by molar-refractivity contribution is 0.0950. The second-order valence-corrected chi connectivity index (χ2v) is 5.56. The van der Waals surface area contributed by atoms with Gasteiger partial charge in [0.05, 0.1) is 11.7 Å². The van der Waals surface area contributed by atoms with Crippen molar-refractivity contribution < 1.29 is 4.79 Å². The summed E-state index contributed by atoms with van der Waals surface area (Å²) in [4.78, 5) is 16.4. The maximum absolute atomic E-state index is 12.0. The zero-order valence-corrected chi connectivity index (χ0v) is 13.1. The molecule has 0 radical (unpaired) electrons. The molecule has 0 aliphatic heterocycles. The number of carbonyl (C=O) groups is 1. The minimum Gasteiger partial charge on any atom is -0.266 e. The number of pyridine rings is 1. The average Bonchev–Trinajstić information content (AvgIpc) is 2.54. The van der Waals surface area contributed by atoms with Crippen LogP contribution in [0.15, 0.2) is 70.2 Å². The molecule has 108 valence electrons. The summed E-state index contributed by atoms with van der Waals surface area (Å²) in [6.07, 6.45) is 1.59. The molecule has 0 saturated carbocycles. The molecule has 0 bridgehead atoms. The van der Waals surface area contributed by atoms with E-state index in [1.165, 1.54) is 0 Å². The normalized spacial score (nSPS) is 11.0. The van der Waals surface area contributed by atoms with Crippen LogP contribution < -0.4 is 5.43 Å². The molecule has 0 saturated heterocycles. The van der Waals surface area contributed by atoms with Crippen molar-refractivity contribution >= 4 is 39.0 Å². The Morgan fingerprint density at radius 3 is 2.82 bits per heavy atom. The van der Waals surface area contributed by atoms with E-state index in [0.717, 1.165) is 20.9 Å². The molecule has 3 rings (SSSR count). The third kappa shape index (κ3) is 3.38. The van der Waals surface area contributed by atoms with Crippen LogP contribution in [-0.2, 0) is 0 Å². The first kappa shape index (κ1) is 14.4.